The van der Waals surface area contributed by atoms with Crippen LogP contribution in [-0.2, 0) is 0 Å². The zero-order valence-electron chi connectivity index (χ0n) is 15.2. The summed E-state index contributed by atoms with van der Waals surface area (Å²) in [6.45, 7) is 0. The summed E-state index contributed by atoms with van der Waals surface area (Å²) in [5, 5.41) is 0. The third-order valence-corrected chi connectivity index (χ3v) is 4.47. The summed E-state index contributed by atoms with van der Waals surface area (Å²) in [6, 6.07) is 0. The highest BCUT2D eigenvalue weighted by molar-refractivity contribution is 5.88. The van der Waals surface area contributed by atoms with Gasteiger partial charge in [-0.25, -0.2) is 65.9 Å². The molecule has 2 aromatic rings. The molecule has 34 heavy (non-hydrogen) atoms. The number of benzene rings is 2. The van der Waals surface area contributed by atoms with Crippen LogP contribution in [0.2, 0.25) is 0 Å². The van der Waals surface area contributed by atoms with Crippen molar-refractivity contribution in [2.75, 3.05) is 0 Å². The van der Waals surface area contributed by atoms with E-state index < -0.39 is 110 Å². The molecule has 15 heteroatoms. The van der Waals surface area contributed by atoms with Crippen molar-refractivity contribution in [3.63, 3.8) is 0 Å². The summed E-state index contributed by atoms with van der Waals surface area (Å²) in [6.07, 6.45) is -3.88. The number of alkyl halides is 1. The number of hydrogen-bond acceptors (Lipinski definition) is 0. The number of allylic oxidation sites excluding steroid dienone is 5. The van der Waals surface area contributed by atoms with Crippen LogP contribution in [0.15, 0.2) is 28.9 Å². The summed E-state index contributed by atoms with van der Waals surface area (Å²) in [4.78, 5) is 0. The number of hydrogen-bond donors (Lipinski definition) is 0. The van der Waals surface area contributed by atoms with Gasteiger partial charge in [-0.2, -0.15) is 0 Å². The lowest BCUT2D eigenvalue weighted by atomic mass is 9.87. The lowest BCUT2D eigenvalue weighted by molar-refractivity contribution is 0.289. The van der Waals surface area contributed by atoms with Crippen LogP contribution in [0.1, 0.15) is 11.1 Å². The van der Waals surface area contributed by atoms with Crippen molar-refractivity contribution in [3.8, 4) is 0 Å². The van der Waals surface area contributed by atoms with Gasteiger partial charge in [-0.05, 0) is 0 Å². The van der Waals surface area contributed by atoms with E-state index >= 15 is 0 Å². The quantitative estimate of drug-likeness (QED) is 0.221. The first-order chi connectivity index (χ1) is 15.7. The molecule has 1 aliphatic carbocycles. The molecular formula is C19HF15. The van der Waals surface area contributed by atoms with Crippen molar-refractivity contribution in [1.29, 1.82) is 0 Å². The first kappa shape index (κ1) is 25.2. The number of rotatable bonds is 2. The predicted octanol–water partition coefficient (Wildman–Crippen LogP) is 7.53. The topological polar surface area (TPSA) is 0 Å². The summed E-state index contributed by atoms with van der Waals surface area (Å²) in [7, 11) is 0. The van der Waals surface area contributed by atoms with Crippen LogP contribution < -0.4 is 0 Å². The molecule has 0 saturated heterocycles. The molecular weight excluding hydrogens is 513 g/mol. The molecule has 0 aliphatic heterocycles. The van der Waals surface area contributed by atoms with E-state index in [2.05, 4.69) is 0 Å². The van der Waals surface area contributed by atoms with Crippen LogP contribution in [0, 0.1) is 58.2 Å². The Hall–Kier alpha value is -3.39. The van der Waals surface area contributed by atoms with Crippen molar-refractivity contribution in [3.05, 3.63) is 98.2 Å². The molecule has 0 spiro atoms. The zero-order chi connectivity index (χ0) is 26.0. The van der Waals surface area contributed by atoms with Gasteiger partial charge in [-0.3, -0.25) is 0 Å². The summed E-state index contributed by atoms with van der Waals surface area (Å²) >= 11 is 0. The fourth-order valence-electron chi connectivity index (χ4n) is 2.91. The van der Waals surface area contributed by atoms with Crippen molar-refractivity contribution >= 4 is 5.57 Å². The molecule has 0 fully saturated rings. The maximum atomic E-state index is 14.4. The molecule has 0 unspecified atom stereocenters. The Kier molecular flexibility index (Phi) is 6.26. The molecule has 0 saturated carbocycles. The SMILES string of the molecule is FC1=C(F)C(F)C(F)=C(F)C1=C(c1c(F)c(F)c(F)c(F)c1F)c1c(F)c(F)c(F)c(F)c1F. The predicted molar refractivity (Wildman–Crippen MR) is 81.9 cm³/mol. The Morgan fingerprint density at radius 3 is 0.882 bits per heavy atom. The maximum absolute atomic E-state index is 14.4. The van der Waals surface area contributed by atoms with Gasteiger partial charge in [-0.1, -0.05) is 0 Å². The summed E-state index contributed by atoms with van der Waals surface area (Å²) < 4.78 is 209. The Bertz CT molecular complexity index is 1190. The third-order valence-electron chi connectivity index (χ3n) is 4.47. The van der Waals surface area contributed by atoms with E-state index in [-0.39, 0.29) is 0 Å². The normalized spacial score (nSPS) is 16.7. The minimum absolute atomic E-state index is 2.74. The van der Waals surface area contributed by atoms with Crippen LogP contribution >= 0.6 is 0 Å². The molecule has 0 amide bonds. The van der Waals surface area contributed by atoms with Crippen molar-refractivity contribution in [2.24, 2.45) is 0 Å². The van der Waals surface area contributed by atoms with E-state index in [1.165, 1.54) is 0 Å². The monoisotopic (exact) mass is 514 g/mol. The van der Waals surface area contributed by atoms with Gasteiger partial charge in [0.2, 0.25) is 17.8 Å². The average molecular weight is 514 g/mol. The van der Waals surface area contributed by atoms with E-state index in [4.69, 9.17) is 0 Å². The van der Waals surface area contributed by atoms with Gasteiger partial charge in [0, 0.05) is 5.57 Å². The second-order valence-electron chi connectivity index (χ2n) is 6.33. The van der Waals surface area contributed by atoms with Gasteiger partial charge >= 0.3 is 0 Å². The summed E-state index contributed by atoms with van der Waals surface area (Å²) in [5.41, 5.74) is -11.0. The van der Waals surface area contributed by atoms with Crippen LogP contribution in [0.5, 0.6) is 0 Å². The zero-order valence-corrected chi connectivity index (χ0v) is 15.2. The van der Waals surface area contributed by atoms with Crippen LogP contribution in [0.25, 0.3) is 5.57 Å². The lowest BCUT2D eigenvalue weighted by Crippen LogP contribution is -2.18. The number of halogens is 15. The van der Waals surface area contributed by atoms with E-state index in [1.54, 1.807) is 0 Å². The summed E-state index contributed by atoms with van der Waals surface area (Å²) in [5.74, 6) is -42.4. The Morgan fingerprint density at radius 1 is 0.382 bits per heavy atom. The minimum Gasteiger partial charge on any atom is -0.232 e. The molecule has 2 aromatic carbocycles. The molecule has 1 aliphatic rings. The molecule has 0 bridgehead atoms. The van der Waals surface area contributed by atoms with Crippen LogP contribution in [0.4, 0.5) is 65.9 Å². The van der Waals surface area contributed by atoms with Gasteiger partial charge in [-0.15, -0.1) is 0 Å². The van der Waals surface area contributed by atoms with E-state index in [0.717, 1.165) is 0 Å². The van der Waals surface area contributed by atoms with Gasteiger partial charge in [0.1, 0.15) is 0 Å². The van der Waals surface area contributed by atoms with Gasteiger partial charge < -0.3 is 0 Å². The maximum Gasteiger partial charge on any atom is 0.208 e. The van der Waals surface area contributed by atoms with E-state index in [0.29, 0.717) is 0 Å². The van der Waals surface area contributed by atoms with Crippen molar-refractivity contribution < 1.29 is 65.9 Å². The molecule has 0 nitrogen and oxygen atoms in total. The molecule has 3 rings (SSSR count). The first-order valence-corrected chi connectivity index (χ1v) is 8.19. The standard InChI is InChI=1S/C19HF15/c20-5-2(6(21)12(27)17(32)11(5)26)1(3-7(22)13(28)18(33)14(29)8(3)23)4-9(24)15(30)19(34)16(31)10(4)25/h17H. The first-order valence-electron chi connectivity index (χ1n) is 8.19. The second kappa shape index (κ2) is 8.43. The Morgan fingerprint density at radius 2 is 0.618 bits per heavy atom. The molecule has 0 radical (unpaired) electrons. The minimum atomic E-state index is -3.88. The average Bonchev–Trinajstić information content (AvgIpc) is 2.81. The second-order valence-corrected chi connectivity index (χ2v) is 6.33. The molecule has 0 heterocycles. The molecule has 0 atom stereocenters. The van der Waals surface area contributed by atoms with Crippen molar-refractivity contribution in [1.82, 2.24) is 0 Å². The fraction of sp³-hybridized carbons (Fsp3) is 0.0526. The fourth-order valence-corrected chi connectivity index (χ4v) is 2.91. The van der Waals surface area contributed by atoms with Gasteiger partial charge in [0.25, 0.3) is 0 Å². The van der Waals surface area contributed by atoms with Crippen molar-refractivity contribution in [2.45, 2.75) is 6.17 Å². The lowest BCUT2D eigenvalue weighted by Gasteiger charge is -2.21. The highest BCUT2D eigenvalue weighted by atomic mass is 19.2. The molecule has 0 N–H and O–H groups in total. The van der Waals surface area contributed by atoms with Gasteiger partial charge in [0.15, 0.2) is 69.8 Å². The van der Waals surface area contributed by atoms with Crippen LogP contribution in [0.3, 0.4) is 0 Å². The highest BCUT2D eigenvalue weighted by Gasteiger charge is 2.42. The van der Waals surface area contributed by atoms with E-state index in [1.807, 2.05) is 0 Å². The Labute approximate surface area is 176 Å². The Balaban J connectivity index is 2.74. The molecule has 182 valence electrons. The smallest absolute Gasteiger partial charge is 0.208 e. The van der Waals surface area contributed by atoms with Gasteiger partial charge in [0.05, 0.1) is 16.7 Å². The molecule has 0 aromatic heterocycles. The van der Waals surface area contributed by atoms with Crippen LogP contribution in [-0.4, -0.2) is 6.17 Å². The highest BCUT2D eigenvalue weighted by Crippen LogP contribution is 2.47. The largest absolute Gasteiger partial charge is 0.232 e. The van der Waals surface area contributed by atoms with E-state index in [9.17, 15) is 65.9 Å². The third kappa shape index (κ3) is 3.36.